The molecule has 0 aromatic heterocycles. The molecule has 1 amide bonds. The van der Waals surface area contributed by atoms with Crippen molar-refractivity contribution < 1.29 is 14.3 Å². The van der Waals surface area contributed by atoms with E-state index in [1.165, 1.54) is 5.56 Å². The van der Waals surface area contributed by atoms with E-state index in [-0.39, 0.29) is 17.7 Å². The van der Waals surface area contributed by atoms with Gasteiger partial charge in [-0.3, -0.25) is 0 Å². The summed E-state index contributed by atoms with van der Waals surface area (Å²) < 4.78 is 11.1. The first kappa shape index (κ1) is 15.8. The monoisotopic (exact) mass is 291 g/mol. The summed E-state index contributed by atoms with van der Waals surface area (Å²) in [6.45, 7) is 8.23. The number of hydrogen-bond acceptors (Lipinski definition) is 3. The standard InChI is InChI=1S/C17H25NO3/c1-16(2,3)21-15(19)18-17(4)10-14(11-17)20-12-13-8-6-5-7-9-13/h5-9,14H,10-12H2,1-4H3,(H,18,19). The first-order chi connectivity index (χ1) is 9.76. The fraction of sp³-hybridized carbons (Fsp3) is 0.588. The van der Waals surface area contributed by atoms with Gasteiger partial charge in [-0.05, 0) is 46.1 Å². The number of amides is 1. The Morgan fingerprint density at radius 1 is 1.29 bits per heavy atom. The van der Waals surface area contributed by atoms with Gasteiger partial charge in [0.05, 0.1) is 12.7 Å². The van der Waals surface area contributed by atoms with Gasteiger partial charge in [-0.25, -0.2) is 4.79 Å². The van der Waals surface area contributed by atoms with Crippen molar-refractivity contribution in [3.8, 4) is 0 Å². The maximum atomic E-state index is 11.8. The van der Waals surface area contributed by atoms with Crippen LogP contribution in [0.5, 0.6) is 0 Å². The van der Waals surface area contributed by atoms with Crippen molar-refractivity contribution in [2.24, 2.45) is 0 Å². The van der Waals surface area contributed by atoms with Crippen molar-refractivity contribution in [2.45, 2.75) is 64.4 Å². The van der Waals surface area contributed by atoms with Crippen LogP contribution in [0.2, 0.25) is 0 Å². The molecule has 0 spiro atoms. The molecule has 0 heterocycles. The van der Waals surface area contributed by atoms with Crippen molar-refractivity contribution in [1.29, 1.82) is 0 Å². The summed E-state index contributed by atoms with van der Waals surface area (Å²) in [5.74, 6) is 0. The van der Waals surface area contributed by atoms with E-state index in [1.54, 1.807) is 0 Å². The molecule has 0 saturated heterocycles. The van der Waals surface area contributed by atoms with Gasteiger partial charge in [-0.15, -0.1) is 0 Å². The molecule has 1 aromatic rings. The third-order valence-corrected chi connectivity index (χ3v) is 3.49. The molecule has 0 radical (unpaired) electrons. The van der Waals surface area contributed by atoms with Crippen LogP contribution >= 0.6 is 0 Å². The Balaban J connectivity index is 1.71. The Bertz CT molecular complexity index is 473. The van der Waals surface area contributed by atoms with Crippen LogP contribution < -0.4 is 5.32 Å². The number of benzene rings is 1. The van der Waals surface area contributed by atoms with Gasteiger partial charge in [0.2, 0.25) is 0 Å². The zero-order valence-corrected chi connectivity index (χ0v) is 13.3. The highest BCUT2D eigenvalue weighted by atomic mass is 16.6. The molecule has 4 nitrogen and oxygen atoms in total. The lowest BCUT2D eigenvalue weighted by atomic mass is 9.76. The molecule has 116 valence electrons. The van der Waals surface area contributed by atoms with Crippen LogP contribution in [0.25, 0.3) is 0 Å². The quantitative estimate of drug-likeness (QED) is 0.921. The molecule has 1 aromatic carbocycles. The molecule has 21 heavy (non-hydrogen) atoms. The van der Waals surface area contributed by atoms with E-state index in [2.05, 4.69) is 17.4 Å². The number of carbonyl (C=O) groups excluding carboxylic acids is 1. The second-order valence-corrected chi connectivity index (χ2v) is 7.01. The van der Waals surface area contributed by atoms with Crippen LogP contribution in [0.1, 0.15) is 46.1 Å². The SMILES string of the molecule is CC1(NC(=O)OC(C)(C)C)CC(OCc2ccccc2)C1. The van der Waals surface area contributed by atoms with Crippen molar-refractivity contribution in [1.82, 2.24) is 5.32 Å². The molecule has 4 heteroatoms. The largest absolute Gasteiger partial charge is 0.444 e. The number of hydrogen-bond donors (Lipinski definition) is 1. The maximum absolute atomic E-state index is 11.8. The first-order valence-electron chi connectivity index (χ1n) is 7.42. The summed E-state index contributed by atoms with van der Waals surface area (Å²) in [5, 5.41) is 2.94. The van der Waals surface area contributed by atoms with Gasteiger partial charge in [-0.1, -0.05) is 30.3 Å². The van der Waals surface area contributed by atoms with Gasteiger partial charge in [0, 0.05) is 5.54 Å². The van der Waals surface area contributed by atoms with E-state index >= 15 is 0 Å². The van der Waals surface area contributed by atoms with Crippen LogP contribution in [0, 0.1) is 0 Å². The minimum absolute atomic E-state index is 0.199. The Hall–Kier alpha value is -1.55. The van der Waals surface area contributed by atoms with E-state index in [4.69, 9.17) is 9.47 Å². The summed E-state index contributed by atoms with van der Waals surface area (Å²) in [7, 11) is 0. The molecule has 1 aliphatic rings. The summed E-state index contributed by atoms with van der Waals surface area (Å²) in [6.07, 6.45) is 1.48. The minimum Gasteiger partial charge on any atom is -0.444 e. The lowest BCUT2D eigenvalue weighted by molar-refractivity contribution is -0.0594. The number of nitrogens with one attached hydrogen (secondary N) is 1. The van der Waals surface area contributed by atoms with Crippen LogP contribution in [-0.4, -0.2) is 23.3 Å². The molecule has 2 rings (SSSR count). The highest BCUT2D eigenvalue weighted by Gasteiger charge is 2.42. The Morgan fingerprint density at radius 3 is 2.48 bits per heavy atom. The van der Waals surface area contributed by atoms with Crippen molar-refractivity contribution in [3.05, 3.63) is 35.9 Å². The van der Waals surface area contributed by atoms with Gasteiger partial charge in [-0.2, -0.15) is 0 Å². The zero-order valence-electron chi connectivity index (χ0n) is 13.3. The molecule has 1 N–H and O–H groups in total. The fourth-order valence-electron chi connectivity index (χ4n) is 2.50. The summed E-state index contributed by atoms with van der Waals surface area (Å²) in [5.41, 5.74) is 0.489. The van der Waals surface area contributed by atoms with Gasteiger partial charge in [0.25, 0.3) is 0 Å². The van der Waals surface area contributed by atoms with Crippen molar-refractivity contribution in [3.63, 3.8) is 0 Å². The van der Waals surface area contributed by atoms with E-state index in [9.17, 15) is 4.79 Å². The molecule has 1 fully saturated rings. The van der Waals surface area contributed by atoms with Crippen molar-refractivity contribution >= 4 is 6.09 Å². The molecule has 0 unspecified atom stereocenters. The highest BCUT2D eigenvalue weighted by Crippen LogP contribution is 2.35. The smallest absolute Gasteiger partial charge is 0.408 e. The molecule has 1 aliphatic carbocycles. The number of alkyl carbamates (subject to hydrolysis) is 1. The normalized spacial score (nSPS) is 25.0. The minimum atomic E-state index is -0.465. The third kappa shape index (κ3) is 5.05. The van der Waals surface area contributed by atoms with Gasteiger partial charge in [0.15, 0.2) is 0 Å². The second-order valence-electron chi connectivity index (χ2n) is 7.01. The maximum Gasteiger partial charge on any atom is 0.408 e. The lowest BCUT2D eigenvalue weighted by Gasteiger charge is -2.45. The Labute approximate surface area is 126 Å². The summed E-state index contributed by atoms with van der Waals surface area (Å²) >= 11 is 0. The molecule has 0 bridgehead atoms. The predicted octanol–water partition coefficient (Wildman–Crippen LogP) is 3.65. The van der Waals surface area contributed by atoms with E-state index in [1.807, 2.05) is 45.9 Å². The number of carbonyl (C=O) groups is 1. The molecule has 1 saturated carbocycles. The average Bonchev–Trinajstić information content (AvgIpc) is 2.32. The second kappa shape index (κ2) is 6.06. The van der Waals surface area contributed by atoms with Gasteiger partial charge >= 0.3 is 6.09 Å². The molecule has 0 atom stereocenters. The third-order valence-electron chi connectivity index (χ3n) is 3.49. The van der Waals surface area contributed by atoms with E-state index < -0.39 is 5.60 Å². The Kier molecular flexibility index (Phi) is 4.57. The predicted molar refractivity (Wildman–Crippen MR) is 82.0 cm³/mol. The van der Waals surface area contributed by atoms with Crippen LogP contribution in [0.15, 0.2) is 30.3 Å². The van der Waals surface area contributed by atoms with Crippen LogP contribution in [0.4, 0.5) is 4.79 Å². The van der Waals surface area contributed by atoms with Crippen LogP contribution in [-0.2, 0) is 16.1 Å². The van der Waals surface area contributed by atoms with E-state index in [0.29, 0.717) is 6.61 Å². The molecule has 0 aliphatic heterocycles. The van der Waals surface area contributed by atoms with Gasteiger partial charge < -0.3 is 14.8 Å². The first-order valence-corrected chi connectivity index (χ1v) is 7.42. The number of rotatable bonds is 4. The average molecular weight is 291 g/mol. The lowest BCUT2D eigenvalue weighted by Crippen LogP contribution is -2.58. The highest BCUT2D eigenvalue weighted by molar-refractivity contribution is 5.69. The molecular formula is C17H25NO3. The summed E-state index contributed by atoms with van der Waals surface area (Å²) in [4.78, 5) is 11.8. The molecular weight excluding hydrogens is 266 g/mol. The van der Waals surface area contributed by atoms with Gasteiger partial charge in [0.1, 0.15) is 5.60 Å². The number of ether oxygens (including phenoxy) is 2. The topological polar surface area (TPSA) is 47.6 Å². The zero-order chi connectivity index (χ0) is 15.5. The van der Waals surface area contributed by atoms with E-state index in [0.717, 1.165) is 12.8 Å². The summed E-state index contributed by atoms with van der Waals surface area (Å²) in [6, 6.07) is 10.1. The Morgan fingerprint density at radius 2 is 1.90 bits per heavy atom. The fourth-order valence-corrected chi connectivity index (χ4v) is 2.50. The van der Waals surface area contributed by atoms with Crippen LogP contribution in [0.3, 0.4) is 0 Å². The van der Waals surface area contributed by atoms with Crippen molar-refractivity contribution in [2.75, 3.05) is 0 Å².